The zero-order valence-electron chi connectivity index (χ0n) is 35.4. The fourth-order valence-corrected chi connectivity index (χ4v) is 9.62. The van der Waals surface area contributed by atoms with Crippen LogP contribution in [0.4, 0.5) is 17.1 Å². The van der Waals surface area contributed by atoms with Crippen LogP contribution >= 0.6 is 69.8 Å². The number of anilines is 3. The van der Waals surface area contributed by atoms with Gasteiger partial charge in [0.05, 0.1) is 32.3 Å². The Labute approximate surface area is 388 Å². The number of amidine groups is 1. The molecule has 3 aromatic rings. The number of ether oxygens (including phenoxy) is 1. The molecule has 0 fully saturated rings. The molecule has 0 aliphatic carbocycles. The zero-order chi connectivity index (χ0) is 43.1. The highest BCUT2D eigenvalue weighted by Crippen LogP contribution is 2.43. The van der Waals surface area contributed by atoms with Gasteiger partial charge in [-0.25, -0.2) is 0 Å². The third kappa shape index (κ3) is 17.4. The molecule has 60 heavy (non-hydrogen) atoms. The SMILES string of the molecule is CCCCCCCCCCCCCC(=O)Nc1ccc(Cl)c(NC2=NN(c3c(Cl)cc(Cl)cc3Cl)C(=O)C2Sc2cc(Cl)ccc2OCCCCCCCCCCCC)c1. The number of benzene rings is 3. The van der Waals surface area contributed by atoms with Crippen molar-refractivity contribution in [3.63, 3.8) is 0 Å². The number of rotatable bonds is 29. The lowest BCUT2D eigenvalue weighted by atomic mass is 10.1. The van der Waals surface area contributed by atoms with Crippen molar-refractivity contribution in [3.05, 3.63) is 73.6 Å². The molecule has 7 nitrogen and oxygen atoms in total. The van der Waals surface area contributed by atoms with Gasteiger partial charge in [-0.15, -0.1) is 16.9 Å². The number of carbonyl (C=O) groups excluding carboxylic acids is 2. The van der Waals surface area contributed by atoms with E-state index in [4.69, 9.17) is 67.8 Å². The van der Waals surface area contributed by atoms with Crippen LogP contribution in [-0.4, -0.2) is 29.5 Å². The van der Waals surface area contributed by atoms with Crippen LogP contribution in [0.25, 0.3) is 0 Å². The van der Waals surface area contributed by atoms with Crippen LogP contribution in [0.2, 0.25) is 25.1 Å². The summed E-state index contributed by atoms with van der Waals surface area (Å²) in [5, 5.41) is 12.8. The summed E-state index contributed by atoms with van der Waals surface area (Å²) < 4.78 is 6.29. The first-order chi connectivity index (χ1) is 29.1. The average molecular weight is 941 g/mol. The Kier molecular flexibility index (Phi) is 23.8. The second-order valence-electron chi connectivity index (χ2n) is 15.6. The van der Waals surface area contributed by atoms with E-state index in [1.807, 2.05) is 6.07 Å². The molecule has 2 N–H and O–H groups in total. The van der Waals surface area contributed by atoms with Crippen LogP contribution in [0.15, 0.2) is 58.5 Å². The summed E-state index contributed by atoms with van der Waals surface area (Å²) in [5.74, 6) is 0.431. The van der Waals surface area contributed by atoms with Crippen LogP contribution in [-0.2, 0) is 9.59 Å². The standard InChI is InChI=1S/C47H63Cl5N4O3S/c1-3-5-7-9-11-13-15-16-18-20-22-24-43(57)53-36-26-27-37(50)40(33-36)54-46-45(47(58)56(55-46)44-38(51)30-35(49)31-39(44)52)60-42-32-34(48)25-28-41(42)59-29-23-21-19-17-14-12-10-8-6-4-2/h25-28,30-33,45H,3-24,29H2,1-2H3,(H,53,57)(H,54,55). The minimum Gasteiger partial charge on any atom is -0.492 e. The zero-order valence-corrected chi connectivity index (χ0v) is 40.0. The van der Waals surface area contributed by atoms with Gasteiger partial charge in [-0.05, 0) is 61.4 Å². The van der Waals surface area contributed by atoms with E-state index in [1.54, 1.807) is 30.3 Å². The lowest BCUT2D eigenvalue weighted by Crippen LogP contribution is -2.32. The molecule has 13 heteroatoms. The van der Waals surface area contributed by atoms with E-state index >= 15 is 0 Å². The molecule has 1 aliphatic heterocycles. The molecule has 0 spiro atoms. The maximum absolute atomic E-state index is 14.3. The van der Waals surface area contributed by atoms with Crippen LogP contribution in [0.5, 0.6) is 5.75 Å². The first-order valence-corrected chi connectivity index (χ1v) is 24.9. The molecule has 330 valence electrons. The number of thioether (sulfide) groups is 1. The number of nitrogens with zero attached hydrogens (tertiary/aromatic N) is 2. The summed E-state index contributed by atoms with van der Waals surface area (Å²) in [4.78, 5) is 28.0. The molecule has 0 radical (unpaired) electrons. The van der Waals surface area contributed by atoms with E-state index in [0.29, 0.717) is 50.1 Å². The van der Waals surface area contributed by atoms with Crippen molar-refractivity contribution in [1.29, 1.82) is 0 Å². The molecule has 0 saturated carbocycles. The summed E-state index contributed by atoms with van der Waals surface area (Å²) >= 11 is 33.9. The molecule has 1 unspecified atom stereocenters. The Morgan fingerprint density at radius 2 is 1.22 bits per heavy atom. The molecule has 4 rings (SSSR count). The summed E-state index contributed by atoms with van der Waals surface area (Å²) in [6.07, 6.45) is 26.1. The molecule has 0 saturated heterocycles. The van der Waals surface area contributed by atoms with Gasteiger partial charge in [-0.1, -0.05) is 194 Å². The van der Waals surface area contributed by atoms with E-state index in [0.717, 1.165) is 32.1 Å². The van der Waals surface area contributed by atoms with Gasteiger partial charge >= 0.3 is 0 Å². The third-order valence-electron chi connectivity index (χ3n) is 10.5. The molecule has 0 aromatic heterocycles. The number of unbranched alkanes of at least 4 members (excludes halogenated alkanes) is 19. The van der Waals surface area contributed by atoms with Crippen molar-refractivity contribution in [3.8, 4) is 5.75 Å². The number of carbonyl (C=O) groups is 2. The number of amides is 2. The molecule has 2 amide bonds. The van der Waals surface area contributed by atoms with Gasteiger partial charge in [0, 0.05) is 22.2 Å². The minimum atomic E-state index is -0.902. The van der Waals surface area contributed by atoms with Crippen molar-refractivity contribution < 1.29 is 14.3 Å². The van der Waals surface area contributed by atoms with Crippen molar-refractivity contribution in [2.75, 3.05) is 22.2 Å². The van der Waals surface area contributed by atoms with Gasteiger partial charge in [0.15, 0.2) is 11.1 Å². The van der Waals surface area contributed by atoms with Gasteiger partial charge < -0.3 is 15.4 Å². The third-order valence-corrected chi connectivity index (χ3v) is 13.1. The fraction of sp³-hybridized carbons (Fsp3) is 0.553. The van der Waals surface area contributed by atoms with E-state index in [2.05, 4.69) is 24.5 Å². The predicted octanol–water partition coefficient (Wildman–Crippen LogP) is 16.8. The quantitative estimate of drug-likeness (QED) is 0.0678. The number of halogens is 5. The Morgan fingerprint density at radius 1 is 0.667 bits per heavy atom. The van der Waals surface area contributed by atoms with Crippen molar-refractivity contribution >= 4 is 104 Å². The first kappa shape index (κ1) is 50.3. The van der Waals surface area contributed by atoms with Crippen LogP contribution in [0, 0.1) is 0 Å². The molecular formula is C47H63Cl5N4O3S. The van der Waals surface area contributed by atoms with Gasteiger partial charge in [0.2, 0.25) is 5.91 Å². The Balaban J connectivity index is 1.40. The van der Waals surface area contributed by atoms with Crippen molar-refractivity contribution in [1.82, 2.24) is 0 Å². The Hall–Kier alpha value is -2.33. The smallest absolute Gasteiger partial charge is 0.268 e. The summed E-state index contributed by atoms with van der Waals surface area (Å²) in [7, 11) is 0. The summed E-state index contributed by atoms with van der Waals surface area (Å²) in [5.41, 5.74) is 1.23. The first-order valence-electron chi connectivity index (χ1n) is 22.1. The molecule has 1 heterocycles. The average Bonchev–Trinajstić information content (AvgIpc) is 3.50. The maximum atomic E-state index is 14.3. The van der Waals surface area contributed by atoms with E-state index in [1.165, 1.54) is 132 Å². The van der Waals surface area contributed by atoms with Crippen LogP contribution in [0.3, 0.4) is 0 Å². The van der Waals surface area contributed by atoms with Gasteiger partial charge in [-0.3, -0.25) is 9.59 Å². The second-order valence-corrected chi connectivity index (χ2v) is 18.9. The van der Waals surface area contributed by atoms with Gasteiger partial charge in [0.25, 0.3) is 5.91 Å². The maximum Gasteiger partial charge on any atom is 0.268 e. The van der Waals surface area contributed by atoms with E-state index in [-0.39, 0.29) is 27.5 Å². The Morgan fingerprint density at radius 3 is 1.80 bits per heavy atom. The highest BCUT2D eigenvalue weighted by Gasteiger charge is 2.40. The van der Waals surface area contributed by atoms with Crippen LogP contribution in [0.1, 0.15) is 155 Å². The number of hydrazone groups is 1. The van der Waals surface area contributed by atoms with Gasteiger partial charge in [0.1, 0.15) is 11.4 Å². The minimum absolute atomic E-state index is 0.0644. The molecular weight excluding hydrogens is 878 g/mol. The highest BCUT2D eigenvalue weighted by atomic mass is 35.5. The van der Waals surface area contributed by atoms with Gasteiger partial charge in [-0.2, -0.15) is 5.01 Å². The molecule has 1 aliphatic rings. The normalized spacial score (nSPS) is 13.8. The number of hydrogen-bond acceptors (Lipinski definition) is 6. The molecule has 0 bridgehead atoms. The van der Waals surface area contributed by atoms with E-state index in [9.17, 15) is 9.59 Å². The van der Waals surface area contributed by atoms with Crippen molar-refractivity contribution in [2.24, 2.45) is 5.10 Å². The molecule has 3 aromatic carbocycles. The fourth-order valence-electron chi connectivity index (χ4n) is 7.13. The summed E-state index contributed by atoms with van der Waals surface area (Å²) in [6, 6.07) is 13.6. The largest absolute Gasteiger partial charge is 0.492 e. The van der Waals surface area contributed by atoms with Crippen LogP contribution < -0.4 is 20.4 Å². The highest BCUT2D eigenvalue weighted by molar-refractivity contribution is 8.01. The lowest BCUT2D eigenvalue weighted by molar-refractivity contribution is -0.117. The Bertz CT molecular complexity index is 1810. The number of hydrogen-bond donors (Lipinski definition) is 2. The second kappa shape index (κ2) is 28.4. The lowest BCUT2D eigenvalue weighted by Gasteiger charge is -2.18. The summed E-state index contributed by atoms with van der Waals surface area (Å²) in [6.45, 7) is 5.03. The number of nitrogens with one attached hydrogen (secondary N) is 2. The van der Waals surface area contributed by atoms with E-state index < -0.39 is 11.2 Å². The topological polar surface area (TPSA) is 83.0 Å². The molecule has 1 atom stereocenters. The van der Waals surface area contributed by atoms with Crippen molar-refractivity contribution in [2.45, 2.75) is 165 Å². The predicted molar refractivity (Wildman–Crippen MR) is 260 cm³/mol. The monoisotopic (exact) mass is 938 g/mol.